The van der Waals surface area contributed by atoms with E-state index in [1.165, 1.54) is 4.68 Å². The van der Waals surface area contributed by atoms with E-state index in [9.17, 15) is 13.0 Å². The van der Waals surface area contributed by atoms with Gasteiger partial charge in [-0.2, -0.15) is 8.42 Å². The zero-order valence-electron chi connectivity index (χ0n) is 14.1. The Morgan fingerprint density at radius 2 is 1.88 bits per heavy atom. The zero-order chi connectivity index (χ0) is 18.4. The van der Waals surface area contributed by atoms with Crippen molar-refractivity contribution in [2.24, 2.45) is 4.99 Å². The molecule has 8 heteroatoms. The van der Waals surface area contributed by atoms with Crippen molar-refractivity contribution in [3.05, 3.63) is 58.7 Å². The summed E-state index contributed by atoms with van der Waals surface area (Å²) in [4.78, 5) is 8.65. The van der Waals surface area contributed by atoms with E-state index in [1.807, 2.05) is 13.0 Å². The van der Waals surface area contributed by atoms with E-state index in [1.54, 1.807) is 44.3 Å². The summed E-state index contributed by atoms with van der Waals surface area (Å²) < 4.78 is 34.3. The van der Waals surface area contributed by atoms with Crippen molar-refractivity contribution < 1.29 is 13.0 Å². The quantitative estimate of drug-likeness (QED) is 0.539. The number of rotatable bonds is 2. The van der Waals surface area contributed by atoms with Crippen LogP contribution in [0.15, 0.2) is 46.4 Å². The van der Waals surface area contributed by atoms with Gasteiger partial charge in [0.1, 0.15) is 4.90 Å². The first-order valence-electron chi connectivity index (χ1n) is 7.55. The van der Waals surface area contributed by atoms with Crippen LogP contribution in [-0.4, -0.2) is 22.6 Å². The maximum absolute atomic E-state index is 11.7. The highest BCUT2D eigenvalue weighted by molar-refractivity contribution is 7.86. The lowest BCUT2D eigenvalue weighted by molar-refractivity contribution is 0.482. The molecule has 1 aromatic carbocycles. The fourth-order valence-corrected chi connectivity index (χ4v) is 3.98. The van der Waals surface area contributed by atoms with Crippen LogP contribution in [0.5, 0.6) is 0 Å². The number of hydrogen-bond donors (Lipinski definition) is 2. The molecular formula is C17H18N4O3S. The highest BCUT2D eigenvalue weighted by atomic mass is 32.2. The predicted molar refractivity (Wildman–Crippen MR) is 95.6 cm³/mol. The number of pyridine rings is 2. The lowest BCUT2D eigenvalue weighted by atomic mass is 10.1. The van der Waals surface area contributed by atoms with Crippen LogP contribution in [-0.2, 0) is 10.1 Å². The number of aromatic nitrogens is 2. The van der Waals surface area contributed by atoms with Crippen LogP contribution >= 0.6 is 0 Å². The third-order valence-electron chi connectivity index (χ3n) is 4.06. The van der Waals surface area contributed by atoms with Gasteiger partial charge < -0.3 is 5.84 Å². The average molecular weight is 358 g/mol. The molecule has 0 bridgehead atoms. The lowest BCUT2D eigenvalue weighted by Gasteiger charge is -2.13. The van der Waals surface area contributed by atoms with Crippen molar-refractivity contribution in [3.63, 3.8) is 0 Å². The second kappa shape index (κ2) is 5.98. The van der Waals surface area contributed by atoms with E-state index >= 15 is 0 Å². The van der Waals surface area contributed by atoms with Crippen LogP contribution in [0.1, 0.15) is 16.7 Å². The Kier molecular flexibility index (Phi) is 4.09. The van der Waals surface area contributed by atoms with Gasteiger partial charge in [0.25, 0.3) is 10.1 Å². The van der Waals surface area contributed by atoms with E-state index in [-0.39, 0.29) is 4.90 Å². The largest absolute Gasteiger partial charge is 0.337 e. The minimum atomic E-state index is -4.35. The van der Waals surface area contributed by atoms with Gasteiger partial charge in [-0.15, -0.1) is 0 Å². The first-order chi connectivity index (χ1) is 11.7. The SMILES string of the molecule is Cc1cc(C)c(S(=O)(=O)O)c(C)c1N=c1ccc2ncccc2n1N. The molecule has 2 aromatic heterocycles. The molecule has 0 aliphatic rings. The van der Waals surface area contributed by atoms with Gasteiger partial charge in [-0.3, -0.25) is 9.54 Å². The van der Waals surface area contributed by atoms with Crippen molar-refractivity contribution in [2.45, 2.75) is 25.7 Å². The number of hydrogen-bond acceptors (Lipinski definition) is 5. The summed E-state index contributed by atoms with van der Waals surface area (Å²) in [6.07, 6.45) is 1.67. The molecular weight excluding hydrogens is 340 g/mol. The molecule has 0 amide bonds. The Morgan fingerprint density at radius 1 is 1.16 bits per heavy atom. The van der Waals surface area contributed by atoms with Gasteiger partial charge in [0, 0.05) is 6.20 Å². The Labute approximate surface area is 145 Å². The Morgan fingerprint density at radius 3 is 2.56 bits per heavy atom. The minimum absolute atomic E-state index is 0.122. The first-order valence-corrected chi connectivity index (χ1v) is 8.99. The molecule has 0 unspecified atom stereocenters. The Hall–Kier alpha value is -2.71. The van der Waals surface area contributed by atoms with Crippen molar-refractivity contribution >= 4 is 26.8 Å². The molecule has 3 rings (SSSR count). The van der Waals surface area contributed by atoms with Crippen LogP contribution in [0.2, 0.25) is 0 Å². The van der Waals surface area contributed by atoms with Gasteiger partial charge in [-0.05, 0) is 61.7 Å². The van der Waals surface area contributed by atoms with Crippen molar-refractivity contribution in [3.8, 4) is 0 Å². The molecule has 3 N–H and O–H groups in total. The van der Waals surface area contributed by atoms with Crippen LogP contribution in [0.3, 0.4) is 0 Å². The number of nitrogens with zero attached hydrogens (tertiary/aromatic N) is 3. The molecule has 3 aromatic rings. The standard InChI is InChI=1S/C17H18N4O3S/c1-10-9-11(2)17(25(22,23)24)12(3)16(10)20-15-7-6-13-14(21(15)18)5-4-8-19-13/h4-9H,18H2,1-3H3,(H,22,23,24). The summed E-state index contributed by atoms with van der Waals surface area (Å²) in [5, 5.41) is 0. The van der Waals surface area contributed by atoms with Gasteiger partial charge >= 0.3 is 0 Å². The molecule has 0 atom stereocenters. The van der Waals surface area contributed by atoms with E-state index in [0.717, 1.165) is 11.1 Å². The highest BCUT2D eigenvalue weighted by Crippen LogP contribution is 2.31. The van der Waals surface area contributed by atoms with Gasteiger partial charge in [-0.25, -0.2) is 9.67 Å². The fraction of sp³-hybridized carbons (Fsp3) is 0.176. The summed E-state index contributed by atoms with van der Waals surface area (Å²) >= 11 is 0. The molecule has 0 saturated carbocycles. The van der Waals surface area contributed by atoms with Crippen LogP contribution < -0.4 is 11.3 Å². The molecule has 0 spiro atoms. The van der Waals surface area contributed by atoms with Gasteiger partial charge in [0.15, 0.2) is 5.49 Å². The number of fused-ring (bicyclic) bond motifs is 1. The second-order valence-electron chi connectivity index (χ2n) is 5.87. The van der Waals surface area contributed by atoms with E-state index < -0.39 is 10.1 Å². The number of nitrogen functional groups attached to an aromatic ring is 1. The topological polar surface area (TPSA) is 111 Å². The molecule has 0 radical (unpaired) electrons. The van der Waals surface area contributed by atoms with Crippen molar-refractivity contribution in [1.82, 2.24) is 9.66 Å². The second-order valence-corrected chi connectivity index (χ2v) is 7.23. The summed E-state index contributed by atoms with van der Waals surface area (Å²) in [5.41, 5.74) is 3.96. The molecule has 25 heavy (non-hydrogen) atoms. The monoisotopic (exact) mass is 358 g/mol. The molecule has 0 fully saturated rings. The normalized spacial score (nSPS) is 12.7. The third-order valence-corrected chi connectivity index (χ3v) is 5.20. The summed E-state index contributed by atoms with van der Waals surface area (Å²) in [6.45, 7) is 5.08. The lowest BCUT2D eigenvalue weighted by Crippen LogP contribution is -2.27. The van der Waals surface area contributed by atoms with Gasteiger partial charge in [0.2, 0.25) is 0 Å². The first kappa shape index (κ1) is 17.1. The number of benzene rings is 1. The Balaban J connectivity index is 2.35. The summed E-state index contributed by atoms with van der Waals surface area (Å²) in [6, 6.07) is 8.77. The fourth-order valence-electron chi connectivity index (χ4n) is 3.03. The van der Waals surface area contributed by atoms with E-state index in [0.29, 0.717) is 27.8 Å². The number of nitrogens with two attached hydrogens (primary N) is 1. The molecule has 0 saturated heterocycles. The maximum atomic E-state index is 11.7. The molecule has 0 aliphatic heterocycles. The molecule has 2 heterocycles. The molecule has 7 nitrogen and oxygen atoms in total. The van der Waals surface area contributed by atoms with Gasteiger partial charge in [0.05, 0.1) is 16.7 Å². The van der Waals surface area contributed by atoms with Crippen molar-refractivity contribution in [1.29, 1.82) is 0 Å². The van der Waals surface area contributed by atoms with E-state index in [2.05, 4.69) is 9.98 Å². The van der Waals surface area contributed by atoms with Gasteiger partial charge in [-0.1, -0.05) is 6.07 Å². The van der Waals surface area contributed by atoms with Crippen molar-refractivity contribution in [2.75, 3.05) is 5.84 Å². The highest BCUT2D eigenvalue weighted by Gasteiger charge is 2.20. The van der Waals surface area contributed by atoms with Crippen LogP contribution in [0, 0.1) is 20.8 Å². The minimum Gasteiger partial charge on any atom is -0.337 e. The van der Waals surface area contributed by atoms with Crippen LogP contribution in [0.4, 0.5) is 5.69 Å². The Bertz CT molecular complexity index is 1160. The average Bonchev–Trinajstić information content (AvgIpc) is 2.52. The van der Waals surface area contributed by atoms with Crippen LogP contribution in [0.25, 0.3) is 11.0 Å². The number of aryl methyl sites for hydroxylation is 2. The predicted octanol–water partition coefficient (Wildman–Crippen LogP) is 2.15. The maximum Gasteiger partial charge on any atom is 0.295 e. The smallest absolute Gasteiger partial charge is 0.295 e. The molecule has 0 aliphatic carbocycles. The summed E-state index contributed by atoms with van der Waals surface area (Å²) in [7, 11) is -4.35. The summed E-state index contributed by atoms with van der Waals surface area (Å²) in [5.74, 6) is 6.14. The molecule has 130 valence electrons. The third kappa shape index (κ3) is 3.01. The van der Waals surface area contributed by atoms with E-state index in [4.69, 9.17) is 5.84 Å². The zero-order valence-corrected chi connectivity index (χ0v) is 14.9.